The summed E-state index contributed by atoms with van der Waals surface area (Å²) in [5.74, 6) is -2.06. The number of carboxylic acid groups (broad SMARTS) is 1. The smallest absolute Gasteiger partial charge is 0.326 e. The highest BCUT2D eigenvalue weighted by molar-refractivity contribution is 7.56. The average Bonchev–Trinajstić information content (AvgIpc) is 3.21. The van der Waals surface area contributed by atoms with Crippen LogP contribution in [0.25, 0.3) is 0 Å². The molecule has 2 N–H and O–H groups in total. The molecule has 1 saturated heterocycles. The molecule has 1 heterocycles. The summed E-state index contributed by atoms with van der Waals surface area (Å²) in [6.07, 6.45) is 2.22. The number of carbonyl (C=O) groups is 3. The molecule has 2 rings (SSSR count). The highest BCUT2D eigenvalue weighted by Gasteiger charge is 2.38. The molecule has 1 aromatic rings. The molecule has 0 spiro atoms. The molecule has 178 valence electrons. The van der Waals surface area contributed by atoms with E-state index < -0.39 is 43.7 Å². The zero-order chi connectivity index (χ0) is 23.7. The molecule has 0 aromatic heterocycles. The lowest BCUT2D eigenvalue weighted by Gasteiger charge is -2.29. The van der Waals surface area contributed by atoms with Gasteiger partial charge in [0.25, 0.3) is 7.52 Å². The number of hydrogen-bond donors (Lipinski definition) is 2. The first-order chi connectivity index (χ1) is 15.1. The van der Waals surface area contributed by atoms with E-state index >= 15 is 0 Å². The molecule has 1 aliphatic heterocycles. The predicted molar refractivity (Wildman–Crippen MR) is 119 cm³/mol. The van der Waals surface area contributed by atoms with Gasteiger partial charge in [0.15, 0.2) is 0 Å². The fraction of sp³-hybridized carbons (Fsp3) is 0.591. The number of rotatable bonds is 12. The molecule has 0 aliphatic carbocycles. The summed E-state index contributed by atoms with van der Waals surface area (Å²) in [6, 6.07) is 8.11. The van der Waals surface area contributed by atoms with Crippen LogP contribution in [-0.2, 0) is 34.6 Å². The third-order valence-electron chi connectivity index (χ3n) is 5.24. The van der Waals surface area contributed by atoms with E-state index in [4.69, 9.17) is 9.26 Å². The molecule has 32 heavy (non-hydrogen) atoms. The van der Waals surface area contributed by atoms with Gasteiger partial charge in [-0.3, -0.25) is 18.7 Å². The summed E-state index contributed by atoms with van der Waals surface area (Å²) in [5.41, 5.74) is 1.17. The van der Waals surface area contributed by atoms with Crippen LogP contribution in [0, 0.1) is 0 Å². The first-order valence-corrected chi connectivity index (χ1v) is 12.7. The monoisotopic (exact) mass is 468 g/mol. The van der Waals surface area contributed by atoms with Crippen LogP contribution < -0.4 is 5.09 Å². The Bertz CT molecular complexity index is 833. The van der Waals surface area contributed by atoms with Crippen molar-refractivity contribution in [2.24, 2.45) is 0 Å². The molecule has 0 saturated carbocycles. The van der Waals surface area contributed by atoms with Crippen molar-refractivity contribution in [3.8, 4) is 0 Å². The van der Waals surface area contributed by atoms with E-state index in [1.165, 1.54) is 31.2 Å². The topological polar surface area (TPSA) is 122 Å². The Labute approximate surface area is 189 Å². The van der Waals surface area contributed by atoms with Gasteiger partial charge in [-0.25, -0.2) is 9.88 Å². The number of unbranched alkanes of at least 4 members (excludes halogenated alkanes) is 1. The van der Waals surface area contributed by atoms with E-state index in [0.717, 1.165) is 12.8 Å². The Morgan fingerprint density at radius 3 is 2.53 bits per heavy atom. The summed E-state index contributed by atoms with van der Waals surface area (Å²) in [4.78, 5) is 36.8. The Kier molecular flexibility index (Phi) is 9.87. The van der Waals surface area contributed by atoms with Crippen molar-refractivity contribution < 1.29 is 33.3 Å². The third-order valence-corrected chi connectivity index (χ3v) is 7.57. The number of carboxylic acids is 1. The number of likely N-dealkylation sites (tertiary alicyclic amines) is 1. The van der Waals surface area contributed by atoms with Gasteiger partial charge in [-0.15, -0.1) is 0 Å². The lowest BCUT2D eigenvalue weighted by Crippen LogP contribution is -2.48. The Hall–Kier alpha value is -2.22. The van der Waals surface area contributed by atoms with Gasteiger partial charge in [-0.1, -0.05) is 30.3 Å². The summed E-state index contributed by atoms with van der Waals surface area (Å²) < 4.78 is 24.1. The number of hydrogen-bond acceptors (Lipinski definition) is 6. The minimum atomic E-state index is -3.57. The van der Waals surface area contributed by atoms with Crippen molar-refractivity contribution in [1.29, 1.82) is 0 Å². The van der Waals surface area contributed by atoms with E-state index in [1.807, 2.05) is 30.3 Å². The maximum atomic E-state index is 13.5. The van der Waals surface area contributed by atoms with Gasteiger partial charge in [0.05, 0.1) is 6.04 Å². The number of aryl methyl sites for hydroxylation is 1. The van der Waals surface area contributed by atoms with Crippen LogP contribution in [-0.4, -0.2) is 58.9 Å². The van der Waals surface area contributed by atoms with Crippen LogP contribution in [0.1, 0.15) is 52.0 Å². The highest BCUT2D eigenvalue weighted by atomic mass is 31.2. The van der Waals surface area contributed by atoms with E-state index in [0.29, 0.717) is 25.8 Å². The Balaban J connectivity index is 2.02. The molecule has 1 aromatic carbocycles. The van der Waals surface area contributed by atoms with Crippen molar-refractivity contribution in [2.75, 3.05) is 12.7 Å². The van der Waals surface area contributed by atoms with Crippen LogP contribution in [0.15, 0.2) is 30.3 Å². The Morgan fingerprint density at radius 2 is 1.91 bits per heavy atom. The standard InChI is InChI=1S/C22H33N2O7P/c1-16(21(26)24-14-9-13-20(24)22(27)28)23-32(29,31-18(3)30-17(2)25)15-8-7-12-19-10-5-4-6-11-19/h4-6,10-11,16,18,20H,7-9,12-15H2,1-3H3,(H,23,29)(H,27,28)/t16-,18?,20-,32?/m0/s1. The first kappa shape index (κ1) is 26.0. The zero-order valence-corrected chi connectivity index (χ0v) is 19.8. The molecule has 2 unspecified atom stereocenters. The van der Waals surface area contributed by atoms with E-state index in [-0.39, 0.29) is 6.16 Å². The number of aliphatic carboxylic acids is 1. The SMILES string of the molecule is CC(=O)OC(C)OP(=O)(CCCCc1ccccc1)N[C@@H](C)C(=O)N1CCC[C@H]1C(=O)O. The lowest BCUT2D eigenvalue weighted by atomic mass is 10.1. The number of ether oxygens (including phenoxy) is 1. The van der Waals surface area contributed by atoms with Crippen LogP contribution in [0.2, 0.25) is 0 Å². The van der Waals surface area contributed by atoms with Gasteiger partial charge >= 0.3 is 11.9 Å². The van der Waals surface area contributed by atoms with Gasteiger partial charge in [-0.2, -0.15) is 0 Å². The number of benzene rings is 1. The number of nitrogens with one attached hydrogen (secondary N) is 1. The van der Waals surface area contributed by atoms with Crippen molar-refractivity contribution in [2.45, 2.75) is 71.2 Å². The van der Waals surface area contributed by atoms with Gasteiger partial charge in [0.2, 0.25) is 12.2 Å². The van der Waals surface area contributed by atoms with Crippen molar-refractivity contribution in [3.05, 3.63) is 35.9 Å². The van der Waals surface area contributed by atoms with E-state index in [2.05, 4.69) is 5.09 Å². The summed E-state index contributed by atoms with van der Waals surface area (Å²) in [7, 11) is -3.57. The number of carbonyl (C=O) groups excluding carboxylic acids is 2. The quantitative estimate of drug-likeness (QED) is 0.208. The van der Waals surface area contributed by atoms with Gasteiger partial charge < -0.3 is 14.7 Å². The first-order valence-electron chi connectivity index (χ1n) is 10.9. The minimum Gasteiger partial charge on any atom is -0.480 e. The van der Waals surface area contributed by atoms with Crippen LogP contribution in [0.5, 0.6) is 0 Å². The maximum Gasteiger partial charge on any atom is 0.326 e. The zero-order valence-electron chi connectivity index (χ0n) is 18.9. The average molecular weight is 468 g/mol. The molecule has 4 atom stereocenters. The molecule has 10 heteroatoms. The van der Waals surface area contributed by atoms with E-state index in [9.17, 15) is 24.1 Å². The van der Waals surface area contributed by atoms with Crippen molar-refractivity contribution in [1.82, 2.24) is 9.99 Å². The second-order valence-corrected chi connectivity index (χ2v) is 10.3. The highest BCUT2D eigenvalue weighted by Crippen LogP contribution is 2.45. The van der Waals surface area contributed by atoms with Gasteiger partial charge in [0.1, 0.15) is 6.04 Å². The fourth-order valence-corrected chi connectivity index (χ4v) is 5.98. The Morgan fingerprint density at radius 1 is 1.22 bits per heavy atom. The molecule has 0 bridgehead atoms. The molecule has 1 aliphatic rings. The van der Waals surface area contributed by atoms with E-state index in [1.54, 1.807) is 0 Å². The summed E-state index contributed by atoms with van der Waals surface area (Å²) >= 11 is 0. The molecular weight excluding hydrogens is 435 g/mol. The second kappa shape index (κ2) is 12.1. The third kappa shape index (κ3) is 8.04. The fourth-order valence-electron chi connectivity index (χ4n) is 3.82. The molecule has 1 fully saturated rings. The molecule has 9 nitrogen and oxygen atoms in total. The molecule has 1 amide bonds. The van der Waals surface area contributed by atoms with Crippen LogP contribution in [0.4, 0.5) is 0 Å². The maximum absolute atomic E-state index is 13.5. The normalized spacial score (nSPS) is 19.7. The van der Waals surface area contributed by atoms with Gasteiger partial charge in [0, 0.05) is 19.6 Å². The number of amides is 1. The molecular formula is C22H33N2O7P. The summed E-state index contributed by atoms with van der Waals surface area (Å²) in [5, 5.41) is 12.1. The van der Waals surface area contributed by atoms with Crippen LogP contribution >= 0.6 is 7.52 Å². The molecule has 0 radical (unpaired) electrons. The predicted octanol–water partition coefficient (Wildman–Crippen LogP) is 3.18. The minimum absolute atomic E-state index is 0.144. The summed E-state index contributed by atoms with van der Waals surface area (Å²) in [6.45, 7) is 4.57. The number of esters is 1. The number of nitrogens with zero attached hydrogens (tertiary/aromatic N) is 1. The lowest BCUT2D eigenvalue weighted by molar-refractivity contribution is -0.158. The van der Waals surface area contributed by atoms with Crippen molar-refractivity contribution >= 4 is 25.4 Å². The largest absolute Gasteiger partial charge is 0.480 e. The van der Waals surface area contributed by atoms with Gasteiger partial charge in [-0.05, 0) is 51.5 Å². The van der Waals surface area contributed by atoms with Crippen molar-refractivity contribution in [3.63, 3.8) is 0 Å². The second-order valence-electron chi connectivity index (χ2n) is 8.00. The van der Waals surface area contributed by atoms with Crippen LogP contribution in [0.3, 0.4) is 0 Å².